The van der Waals surface area contributed by atoms with E-state index in [1.54, 1.807) is 20.3 Å². The highest BCUT2D eigenvalue weighted by molar-refractivity contribution is 6.35. The van der Waals surface area contributed by atoms with Crippen molar-refractivity contribution >= 4 is 28.5 Å². The van der Waals surface area contributed by atoms with Crippen LogP contribution in [0.1, 0.15) is 12.0 Å². The van der Waals surface area contributed by atoms with E-state index in [0.717, 1.165) is 52.9 Å². The van der Waals surface area contributed by atoms with E-state index in [9.17, 15) is 0 Å². The highest BCUT2D eigenvalue weighted by Crippen LogP contribution is 2.43. The van der Waals surface area contributed by atoms with Crippen LogP contribution >= 0.6 is 11.6 Å². The van der Waals surface area contributed by atoms with E-state index in [1.807, 2.05) is 31.3 Å². The number of ether oxygens (including phenoxy) is 2. The van der Waals surface area contributed by atoms with Crippen LogP contribution < -0.4 is 20.1 Å². The van der Waals surface area contributed by atoms with Crippen molar-refractivity contribution in [3.63, 3.8) is 0 Å². The fourth-order valence-corrected chi connectivity index (χ4v) is 4.01. The van der Waals surface area contributed by atoms with Gasteiger partial charge in [-0.2, -0.15) is 0 Å². The molecular weight excluding hydrogens is 376 g/mol. The molecule has 2 N–H and O–H groups in total. The van der Waals surface area contributed by atoms with Crippen LogP contribution in [0, 0.1) is 6.92 Å². The zero-order valence-electron chi connectivity index (χ0n) is 16.2. The molecule has 0 spiro atoms. The van der Waals surface area contributed by atoms with E-state index in [-0.39, 0.29) is 0 Å². The second-order valence-electron chi connectivity index (χ2n) is 6.90. The van der Waals surface area contributed by atoms with E-state index in [2.05, 4.69) is 20.6 Å². The minimum absolute atomic E-state index is 0.377. The zero-order chi connectivity index (χ0) is 19.7. The SMILES string of the molecule is COc1cc(OC)c(Cl)c(-c2ccc3nc(NC4CCNC4)ncc3c2)c1C. The van der Waals surface area contributed by atoms with Gasteiger partial charge in [0, 0.05) is 41.4 Å². The molecule has 2 aromatic carbocycles. The summed E-state index contributed by atoms with van der Waals surface area (Å²) in [6, 6.07) is 8.24. The Hall–Kier alpha value is -2.57. The van der Waals surface area contributed by atoms with Gasteiger partial charge in [0.25, 0.3) is 0 Å². The van der Waals surface area contributed by atoms with Gasteiger partial charge in [-0.1, -0.05) is 17.7 Å². The number of hydrogen-bond acceptors (Lipinski definition) is 6. The Bertz CT molecular complexity index is 991. The van der Waals surface area contributed by atoms with Crippen molar-refractivity contribution in [3.05, 3.63) is 41.0 Å². The first-order valence-corrected chi connectivity index (χ1v) is 9.64. The lowest BCUT2D eigenvalue weighted by Crippen LogP contribution is -2.23. The van der Waals surface area contributed by atoms with Crippen molar-refractivity contribution < 1.29 is 9.47 Å². The maximum Gasteiger partial charge on any atom is 0.223 e. The molecule has 0 aliphatic carbocycles. The number of nitrogens with zero attached hydrogens (tertiary/aromatic N) is 2. The molecule has 2 heterocycles. The van der Waals surface area contributed by atoms with Gasteiger partial charge in [-0.3, -0.25) is 0 Å². The molecule has 1 aliphatic rings. The van der Waals surface area contributed by atoms with Crippen molar-refractivity contribution in [3.8, 4) is 22.6 Å². The van der Waals surface area contributed by atoms with E-state index in [4.69, 9.17) is 21.1 Å². The van der Waals surface area contributed by atoms with E-state index in [1.165, 1.54) is 0 Å². The largest absolute Gasteiger partial charge is 0.496 e. The van der Waals surface area contributed by atoms with Gasteiger partial charge in [-0.15, -0.1) is 0 Å². The highest BCUT2D eigenvalue weighted by Gasteiger charge is 2.18. The van der Waals surface area contributed by atoms with Crippen LogP contribution in [0.4, 0.5) is 5.95 Å². The quantitative estimate of drug-likeness (QED) is 0.675. The second kappa shape index (κ2) is 7.81. The lowest BCUT2D eigenvalue weighted by atomic mass is 9.98. The molecule has 0 saturated carbocycles. The number of halogens is 1. The molecule has 1 aliphatic heterocycles. The molecule has 6 nitrogen and oxygen atoms in total. The fraction of sp³-hybridized carbons (Fsp3) is 0.333. The number of rotatable bonds is 5. The van der Waals surface area contributed by atoms with Crippen molar-refractivity contribution in [2.24, 2.45) is 0 Å². The summed E-state index contributed by atoms with van der Waals surface area (Å²) >= 11 is 6.62. The molecule has 1 saturated heterocycles. The summed E-state index contributed by atoms with van der Waals surface area (Å²) in [6.07, 6.45) is 2.92. The van der Waals surface area contributed by atoms with Gasteiger partial charge in [0.1, 0.15) is 11.5 Å². The monoisotopic (exact) mass is 398 g/mol. The van der Waals surface area contributed by atoms with Crippen LogP contribution in [0.25, 0.3) is 22.0 Å². The van der Waals surface area contributed by atoms with Gasteiger partial charge in [0.05, 0.1) is 24.8 Å². The Labute approximate surface area is 169 Å². The summed E-state index contributed by atoms with van der Waals surface area (Å²) in [7, 11) is 3.24. The molecule has 1 unspecified atom stereocenters. The smallest absolute Gasteiger partial charge is 0.223 e. The number of methoxy groups -OCH3 is 2. The standard InChI is InChI=1S/C21H23ClN4O2/c1-12-17(27-2)9-18(28-3)20(22)19(12)13-4-5-16-14(8-13)10-24-21(26-16)25-15-6-7-23-11-15/h4-5,8-10,15,23H,6-7,11H2,1-3H3,(H,24,25,26). The third-order valence-corrected chi connectivity index (χ3v) is 5.52. The molecule has 0 radical (unpaired) electrons. The minimum Gasteiger partial charge on any atom is -0.496 e. The van der Waals surface area contributed by atoms with E-state index >= 15 is 0 Å². The molecule has 1 atom stereocenters. The van der Waals surface area contributed by atoms with Gasteiger partial charge >= 0.3 is 0 Å². The fourth-order valence-electron chi connectivity index (χ4n) is 3.62. The average Bonchev–Trinajstić information content (AvgIpc) is 3.21. The van der Waals surface area contributed by atoms with Gasteiger partial charge in [0.2, 0.25) is 5.95 Å². The topological polar surface area (TPSA) is 68.3 Å². The van der Waals surface area contributed by atoms with Gasteiger partial charge in [0.15, 0.2) is 0 Å². The molecular formula is C21H23ClN4O2. The maximum absolute atomic E-state index is 6.62. The predicted octanol–water partition coefficient (Wildman–Crippen LogP) is 4.05. The van der Waals surface area contributed by atoms with Gasteiger partial charge in [-0.25, -0.2) is 9.97 Å². The van der Waals surface area contributed by atoms with Gasteiger partial charge < -0.3 is 20.1 Å². The summed E-state index contributed by atoms with van der Waals surface area (Å²) in [5.74, 6) is 1.98. The van der Waals surface area contributed by atoms with Crippen molar-refractivity contribution in [1.82, 2.24) is 15.3 Å². The Morgan fingerprint density at radius 2 is 2.00 bits per heavy atom. The van der Waals surface area contributed by atoms with Crippen LogP contribution in [0.15, 0.2) is 30.5 Å². The maximum atomic E-state index is 6.62. The first-order chi connectivity index (χ1) is 13.6. The molecule has 28 heavy (non-hydrogen) atoms. The number of aromatic nitrogens is 2. The van der Waals surface area contributed by atoms with Crippen LogP contribution in [0.2, 0.25) is 5.02 Å². The first kappa shape index (κ1) is 18.8. The van der Waals surface area contributed by atoms with E-state index < -0.39 is 0 Å². The summed E-state index contributed by atoms with van der Waals surface area (Å²) < 4.78 is 10.9. The van der Waals surface area contributed by atoms with Crippen LogP contribution in [0.5, 0.6) is 11.5 Å². The molecule has 4 rings (SSSR count). The summed E-state index contributed by atoms with van der Waals surface area (Å²) in [4.78, 5) is 9.14. The Morgan fingerprint density at radius 3 is 2.71 bits per heavy atom. The summed E-state index contributed by atoms with van der Waals surface area (Å²) in [5.41, 5.74) is 3.70. The molecule has 3 aromatic rings. The third-order valence-electron chi connectivity index (χ3n) is 5.14. The summed E-state index contributed by atoms with van der Waals surface area (Å²) in [6.45, 7) is 3.96. The average molecular weight is 399 g/mol. The van der Waals surface area contributed by atoms with Crippen LogP contribution in [-0.2, 0) is 0 Å². The number of benzene rings is 2. The number of anilines is 1. The summed E-state index contributed by atoms with van der Waals surface area (Å²) in [5, 5.41) is 8.23. The van der Waals surface area contributed by atoms with Gasteiger partial charge in [-0.05, 0) is 37.6 Å². The number of hydrogen-bond donors (Lipinski definition) is 2. The Morgan fingerprint density at radius 1 is 1.18 bits per heavy atom. The first-order valence-electron chi connectivity index (χ1n) is 9.26. The van der Waals surface area contributed by atoms with Crippen LogP contribution in [-0.4, -0.2) is 43.3 Å². The number of fused-ring (bicyclic) bond motifs is 1. The lowest BCUT2D eigenvalue weighted by Gasteiger charge is -2.16. The van der Waals surface area contributed by atoms with Crippen molar-refractivity contribution in [1.29, 1.82) is 0 Å². The highest BCUT2D eigenvalue weighted by atomic mass is 35.5. The predicted molar refractivity (Wildman–Crippen MR) is 113 cm³/mol. The van der Waals surface area contributed by atoms with Crippen molar-refractivity contribution in [2.75, 3.05) is 32.6 Å². The molecule has 146 valence electrons. The molecule has 1 aromatic heterocycles. The van der Waals surface area contributed by atoms with E-state index in [0.29, 0.717) is 22.8 Å². The zero-order valence-corrected chi connectivity index (χ0v) is 16.9. The molecule has 7 heteroatoms. The normalized spacial score (nSPS) is 16.4. The number of nitrogens with one attached hydrogen (secondary N) is 2. The lowest BCUT2D eigenvalue weighted by molar-refractivity contribution is 0.393. The van der Waals surface area contributed by atoms with Crippen LogP contribution in [0.3, 0.4) is 0 Å². The third kappa shape index (κ3) is 3.45. The minimum atomic E-state index is 0.377. The Kier molecular flexibility index (Phi) is 5.24. The van der Waals surface area contributed by atoms with Crippen molar-refractivity contribution in [2.45, 2.75) is 19.4 Å². The molecule has 0 amide bonds. The molecule has 0 bridgehead atoms. The molecule has 1 fully saturated rings. The second-order valence-corrected chi connectivity index (χ2v) is 7.27. The Balaban J connectivity index is 1.74.